The summed E-state index contributed by atoms with van der Waals surface area (Å²) in [5.41, 5.74) is 5.29. The van der Waals surface area contributed by atoms with Crippen LogP contribution in [0.4, 0.5) is 11.6 Å². The van der Waals surface area contributed by atoms with E-state index in [0.29, 0.717) is 13.0 Å². The van der Waals surface area contributed by atoms with Gasteiger partial charge in [0.05, 0.1) is 5.54 Å². The van der Waals surface area contributed by atoms with Gasteiger partial charge in [-0.2, -0.15) is 0 Å². The molecule has 7 nitrogen and oxygen atoms in total. The normalized spacial score (nSPS) is 20.2. The molecule has 4 N–H and O–H groups in total. The summed E-state index contributed by atoms with van der Waals surface area (Å²) in [7, 11) is 1.84. The number of aromatic nitrogens is 2. The van der Waals surface area contributed by atoms with E-state index in [0.717, 1.165) is 37.4 Å². The Morgan fingerprint density at radius 3 is 3.00 bits per heavy atom. The topological polar surface area (TPSA) is 96.2 Å². The second-order valence-corrected chi connectivity index (χ2v) is 6.38. The van der Waals surface area contributed by atoms with Crippen LogP contribution in [-0.2, 0) is 4.79 Å². The predicted molar refractivity (Wildman–Crippen MR) is 92.5 cm³/mol. The van der Waals surface area contributed by atoms with Crippen molar-refractivity contribution in [1.82, 2.24) is 15.3 Å². The fraction of sp³-hybridized carbons (Fsp3) is 0.688. The number of nitrogens with one attached hydrogen (secondary N) is 2. The van der Waals surface area contributed by atoms with Crippen molar-refractivity contribution in [2.45, 2.75) is 51.1 Å². The molecule has 2 unspecified atom stereocenters. The summed E-state index contributed by atoms with van der Waals surface area (Å²) < 4.78 is 0. The Hall–Kier alpha value is -1.89. The molecule has 0 spiro atoms. The number of hydrogen-bond acceptors (Lipinski definition) is 6. The molecule has 23 heavy (non-hydrogen) atoms. The predicted octanol–water partition coefficient (Wildman–Crippen LogP) is 1.12. The second kappa shape index (κ2) is 7.59. The number of carbonyl (C=O) groups is 1. The van der Waals surface area contributed by atoms with Gasteiger partial charge in [-0.3, -0.25) is 4.79 Å². The Morgan fingerprint density at radius 1 is 1.52 bits per heavy atom. The summed E-state index contributed by atoms with van der Waals surface area (Å²) in [6, 6.07) is 2.18. The van der Waals surface area contributed by atoms with Crippen molar-refractivity contribution in [3.8, 4) is 0 Å². The van der Waals surface area contributed by atoms with Crippen molar-refractivity contribution < 1.29 is 4.79 Å². The zero-order valence-electron chi connectivity index (χ0n) is 14.3. The van der Waals surface area contributed by atoms with Gasteiger partial charge in [-0.25, -0.2) is 9.97 Å². The van der Waals surface area contributed by atoms with E-state index < -0.39 is 5.54 Å². The molecule has 2 heterocycles. The van der Waals surface area contributed by atoms with Gasteiger partial charge in [-0.1, -0.05) is 13.3 Å². The molecule has 1 aliphatic heterocycles. The summed E-state index contributed by atoms with van der Waals surface area (Å²) in [5, 5.41) is 6.04. The summed E-state index contributed by atoms with van der Waals surface area (Å²) in [5.74, 6) is 1.61. The fourth-order valence-electron chi connectivity index (χ4n) is 3.04. The molecule has 1 amide bonds. The Bertz CT molecular complexity index is 533. The van der Waals surface area contributed by atoms with Crippen LogP contribution in [0.3, 0.4) is 0 Å². The quantitative estimate of drug-likeness (QED) is 0.697. The van der Waals surface area contributed by atoms with Crippen LogP contribution in [0.2, 0.25) is 0 Å². The number of hydrogen-bond donors (Lipinski definition) is 3. The monoisotopic (exact) mass is 320 g/mol. The van der Waals surface area contributed by atoms with Crippen molar-refractivity contribution in [3.63, 3.8) is 0 Å². The third-order valence-corrected chi connectivity index (χ3v) is 4.37. The van der Waals surface area contributed by atoms with Gasteiger partial charge in [0.1, 0.15) is 18.0 Å². The molecule has 7 heteroatoms. The molecule has 128 valence electrons. The largest absolute Gasteiger partial charge is 0.373 e. The summed E-state index contributed by atoms with van der Waals surface area (Å²) in [4.78, 5) is 23.0. The van der Waals surface area contributed by atoms with Crippen LogP contribution in [0.15, 0.2) is 12.4 Å². The molecule has 1 aromatic heterocycles. The molecule has 0 radical (unpaired) electrons. The highest BCUT2D eigenvalue weighted by Crippen LogP contribution is 2.24. The van der Waals surface area contributed by atoms with Crippen LogP contribution in [0.5, 0.6) is 0 Å². The summed E-state index contributed by atoms with van der Waals surface area (Å²) >= 11 is 0. The Morgan fingerprint density at radius 2 is 2.30 bits per heavy atom. The molecule has 1 saturated heterocycles. The molecule has 2 atom stereocenters. The maximum Gasteiger partial charge on any atom is 0.239 e. The van der Waals surface area contributed by atoms with Crippen molar-refractivity contribution in [2.75, 3.05) is 30.4 Å². The third-order valence-electron chi connectivity index (χ3n) is 4.37. The van der Waals surface area contributed by atoms with E-state index in [1.54, 1.807) is 13.3 Å². The van der Waals surface area contributed by atoms with Gasteiger partial charge in [-0.15, -0.1) is 0 Å². The average Bonchev–Trinajstić information content (AvgIpc) is 3.01. The lowest BCUT2D eigenvalue weighted by molar-refractivity contribution is -0.126. The Balaban J connectivity index is 1.98. The first-order valence-corrected chi connectivity index (χ1v) is 8.31. The molecule has 1 aliphatic rings. The van der Waals surface area contributed by atoms with E-state index >= 15 is 0 Å². The maximum absolute atomic E-state index is 12.3. The highest BCUT2D eigenvalue weighted by Gasteiger charge is 2.30. The highest BCUT2D eigenvalue weighted by atomic mass is 16.2. The first-order chi connectivity index (χ1) is 11.0. The first-order valence-electron chi connectivity index (χ1n) is 8.31. The van der Waals surface area contributed by atoms with Crippen LogP contribution >= 0.6 is 0 Å². The van der Waals surface area contributed by atoms with Crippen molar-refractivity contribution in [3.05, 3.63) is 12.4 Å². The highest BCUT2D eigenvalue weighted by molar-refractivity contribution is 5.85. The van der Waals surface area contributed by atoms with E-state index in [2.05, 4.69) is 25.5 Å². The zero-order valence-corrected chi connectivity index (χ0v) is 14.3. The van der Waals surface area contributed by atoms with E-state index in [9.17, 15) is 4.79 Å². The number of nitrogens with two attached hydrogens (primary N) is 1. The minimum absolute atomic E-state index is 0.0789. The van der Waals surface area contributed by atoms with Crippen LogP contribution in [0.25, 0.3) is 0 Å². The van der Waals surface area contributed by atoms with Gasteiger partial charge < -0.3 is 21.3 Å². The van der Waals surface area contributed by atoms with Gasteiger partial charge in [0.25, 0.3) is 0 Å². The minimum Gasteiger partial charge on any atom is -0.373 e. The van der Waals surface area contributed by atoms with Gasteiger partial charge in [-0.05, 0) is 26.2 Å². The smallest absolute Gasteiger partial charge is 0.239 e. The number of rotatable bonds is 7. The third kappa shape index (κ3) is 4.31. The van der Waals surface area contributed by atoms with E-state index in [4.69, 9.17) is 5.73 Å². The van der Waals surface area contributed by atoms with Crippen molar-refractivity contribution in [2.24, 2.45) is 5.73 Å². The van der Waals surface area contributed by atoms with Crippen molar-refractivity contribution >= 4 is 17.5 Å². The van der Waals surface area contributed by atoms with Gasteiger partial charge >= 0.3 is 0 Å². The fourth-order valence-corrected chi connectivity index (χ4v) is 3.04. The van der Waals surface area contributed by atoms with Crippen LogP contribution in [-0.4, -0.2) is 47.6 Å². The Kier molecular flexibility index (Phi) is 5.76. The number of carbonyl (C=O) groups excluding carboxylic acids is 1. The molecule has 0 aliphatic carbocycles. The minimum atomic E-state index is -0.799. The van der Waals surface area contributed by atoms with Gasteiger partial charge in [0.2, 0.25) is 5.91 Å². The van der Waals surface area contributed by atoms with Crippen LogP contribution < -0.4 is 21.3 Å². The van der Waals surface area contributed by atoms with Crippen LogP contribution in [0, 0.1) is 0 Å². The van der Waals surface area contributed by atoms with Gasteiger partial charge in [0, 0.05) is 32.2 Å². The molecule has 2 rings (SSSR count). The summed E-state index contributed by atoms with van der Waals surface area (Å²) in [6.07, 6.45) is 5.27. The number of anilines is 2. The second-order valence-electron chi connectivity index (χ2n) is 6.38. The average molecular weight is 320 g/mol. The lowest BCUT2D eigenvalue weighted by Crippen LogP contribution is -2.53. The first kappa shape index (κ1) is 17.5. The van der Waals surface area contributed by atoms with E-state index in [1.807, 2.05) is 20.0 Å². The zero-order chi connectivity index (χ0) is 16.9. The molecule has 0 bridgehead atoms. The van der Waals surface area contributed by atoms with E-state index in [-0.39, 0.29) is 11.9 Å². The molecular formula is C16H28N6O. The van der Waals surface area contributed by atoms with Gasteiger partial charge in [0.15, 0.2) is 0 Å². The lowest BCUT2D eigenvalue weighted by atomic mass is 9.96. The van der Waals surface area contributed by atoms with Crippen molar-refractivity contribution in [1.29, 1.82) is 0 Å². The molecular weight excluding hydrogens is 292 g/mol. The molecule has 0 aromatic carbocycles. The standard InChI is InChI=1S/C16H28N6O/c1-4-7-16(2,17)15(23)19-10-12-6-5-8-22(12)14-9-13(18-3)20-11-21-14/h9,11-12H,4-8,10,17H2,1-3H3,(H,19,23)(H,18,20,21). The van der Waals surface area contributed by atoms with Crippen LogP contribution in [0.1, 0.15) is 39.5 Å². The SMILES string of the molecule is CCCC(C)(N)C(=O)NCC1CCCN1c1cc(NC)ncn1. The number of amides is 1. The number of nitrogens with zero attached hydrogens (tertiary/aromatic N) is 3. The molecule has 1 fully saturated rings. The lowest BCUT2D eigenvalue weighted by Gasteiger charge is -2.28. The molecule has 1 aromatic rings. The molecule has 0 saturated carbocycles. The summed E-state index contributed by atoms with van der Waals surface area (Å²) in [6.45, 7) is 5.36. The van der Waals surface area contributed by atoms with E-state index in [1.165, 1.54) is 0 Å². The maximum atomic E-state index is 12.3. The Labute approximate surface area is 138 Å².